The number of nitrogens with one attached hydrogen (secondary N) is 2. The van der Waals surface area contributed by atoms with Crippen LogP contribution in [0.1, 0.15) is 19.8 Å². The lowest BCUT2D eigenvalue weighted by Crippen LogP contribution is -2.32. The molecule has 0 spiro atoms. The van der Waals surface area contributed by atoms with E-state index in [1.165, 1.54) is 0 Å². The number of hydrogen-bond donors (Lipinski definition) is 3. The molecule has 0 aliphatic carbocycles. The first-order chi connectivity index (χ1) is 8.17. The van der Waals surface area contributed by atoms with Crippen LogP contribution in [0.25, 0.3) is 0 Å². The van der Waals surface area contributed by atoms with Gasteiger partial charge < -0.3 is 21.1 Å². The molecule has 2 rings (SSSR count). The summed E-state index contributed by atoms with van der Waals surface area (Å²) in [7, 11) is 1.81. The average Bonchev–Trinajstić information content (AvgIpc) is 2.28. The van der Waals surface area contributed by atoms with Crippen LogP contribution >= 0.6 is 0 Å². The lowest BCUT2D eigenvalue weighted by Gasteiger charge is -2.28. The molecule has 1 aromatic rings. The highest BCUT2D eigenvalue weighted by Crippen LogP contribution is 2.19. The number of ether oxygens (including phenoxy) is 1. The van der Waals surface area contributed by atoms with Crippen molar-refractivity contribution in [2.75, 3.05) is 30.0 Å². The number of nitrogens with two attached hydrogens (primary N) is 1. The number of nitrogen functional groups attached to an aromatic ring is 1. The Labute approximate surface area is 101 Å². The van der Waals surface area contributed by atoms with Crippen molar-refractivity contribution in [2.24, 2.45) is 0 Å². The van der Waals surface area contributed by atoms with Gasteiger partial charge in [-0.1, -0.05) is 0 Å². The van der Waals surface area contributed by atoms with E-state index in [4.69, 9.17) is 10.5 Å². The quantitative estimate of drug-likeness (QED) is 0.729. The minimum atomic E-state index is 0.277. The predicted octanol–water partition coefficient (Wildman–Crippen LogP) is 1.08. The van der Waals surface area contributed by atoms with E-state index in [1.54, 1.807) is 0 Å². The molecule has 4 N–H and O–H groups in total. The van der Waals surface area contributed by atoms with E-state index in [9.17, 15) is 0 Å². The van der Waals surface area contributed by atoms with Crippen molar-refractivity contribution in [3.63, 3.8) is 0 Å². The number of rotatable bonds is 3. The van der Waals surface area contributed by atoms with Gasteiger partial charge in [-0.2, -0.15) is 9.97 Å². The zero-order valence-electron chi connectivity index (χ0n) is 10.2. The van der Waals surface area contributed by atoms with Gasteiger partial charge in [0.05, 0.1) is 6.10 Å². The van der Waals surface area contributed by atoms with E-state index in [2.05, 4.69) is 27.5 Å². The summed E-state index contributed by atoms with van der Waals surface area (Å²) in [5, 5.41) is 6.33. The molecular formula is C11H19N5O. The summed E-state index contributed by atoms with van der Waals surface area (Å²) in [6.07, 6.45) is 2.27. The van der Waals surface area contributed by atoms with Crippen molar-refractivity contribution in [3.05, 3.63) is 6.07 Å². The Bertz CT molecular complexity index is 384. The van der Waals surface area contributed by atoms with Gasteiger partial charge in [-0.15, -0.1) is 0 Å². The Kier molecular flexibility index (Phi) is 3.63. The molecule has 2 atom stereocenters. The Hall–Kier alpha value is -1.56. The summed E-state index contributed by atoms with van der Waals surface area (Å²) >= 11 is 0. The second kappa shape index (κ2) is 5.18. The standard InChI is InChI=1S/C11H19N5O/c1-7-5-8(3-4-17-7)14-10-6-9(13-2)15-11(12)16-10/h6-8H,3-5H2,1-2H3,(H4,12,13,14,15,16). The van der Waals surface area contributed by atoms with Crippen LogP contribution in [0.2, 0.25) is 0 Å². The lowest BCUT2D eigenvalue weighted by atomic mass is 10.0. The van der Waals surface area contributed by atoms with Crippen molar-refractivity contribution >= 4 is 17.6 Å². The first-order valence-corrected chi connectivity index (χ1v) is 5.88. The molecule has 1 aromatic heterocycles. The van der Waals surface area contributed by atoms with E-state index >= 15 is 0 Å². The molecule has 1 fully saturated rings. The monoisotopic (exact) mass is 237 g/mol. The third-order valence-corrected chi connectivity index (χ3v) is 2.84. The first-order valence-electron chi connectivity index (χ1n) is 5.88. The van der Waals surface area contributed by atoms with E-state index in [0.717, 1.165) is 31.1 Å². The third kappa shape index (κ3) is 3.20. The molecule has 1 saturated heterocycles. The lowest BCUT2D eigenvalue weighted by molar-refractivity contribution is 0.0232. The van der Waals surface area contributed by atoms with Gasteiger partial charge in [0.2, 0.25) is 5.95 Å². The first kappa shape index (κ1) is 11.9. The van der Waals surface area contributed by atoms with Crippen LogP contribution in [-0.2, 0) is 4.74 Å². The topological polar surface area (TPSA) is 85.1 Å². The van der Waals surface area contributed by atoms with E-state index in [-0.39, 0.29) is 5.95 Å². The summed E-state index contributed by atoms with van der Waals surface area (Å²) < 4.78 is 5.50. The fourth-order valence-corrected chi connectivity index (χ4v) is 2.01. The molecule has 0 aromatic carbocycles. The molecule has 1 aliphatic heterocycles. The van der Waals surface area contributed by atoms with E-state index in [1.807, 2.05) is 13.1 Å². The maximum atomic E-state index is 5.64. The predicted molar refractivity (Wildman–Crippen MR) is 68.0 cm³/mol. The maximum Gasteiger partial charge on any atom is 0.223 e. The SMILES string of the molecule is CNc1cc(NC2CCOC(C)C2)nc(N)n1. The fraction of sp³-hybridized carbons (Fsp3) is 0.636. The maximum absolute atomic E-state index is 5.64. The normalized spacial score (nSPS) is 24.4. The number of hydrogen-bond acceptors (Lipinski definition) is 6. The fourth-order valence-electron chi connectivity index (χ4n) is 2.01. The van der Waals surface area contributed by atoms with E-state index < -0.39 is 0 Å². The number of anilines is 3. The molecule has 0 saturated carbocycles. The van der Waals surface area contributed by atoms with Gasteiger partial charge in [-0.3, -0.25) is 0 Å². The van der Waals surface area contributed by atoms with Crippen LogP contribution in [-0.4, -0.2) is 35.8 Å². The highest BCUT2D eigenvalue weighted by molar-refractivity contribution is 5.51. The zero-order valence-corrected chi connectivity index (χ0v) is 10.2. The van der Waals surface area contributed by atoms with Gasteiger partial charge >= 0.3 is 0 Å². The van der Waals surface area contributed by atoms with Crippen LogP contribution in [0, 0.1) is 0 Å². The van der Waals surface area contributed by atoms with Crippen molar-refractivity contribution in [1.82, 2.24) is 9.97 Å². The van der Waals surface area contributed by atoms with Crippen molar-refractivity contribution < 1.29 is 4.74 Å². The molecule has 1 aliphatic rings. The minimum absolute atomic E-state index is 0.277. The Morgan fingerprint density at radius 1 is 1.41 bits per heavy atom. The summed E-state index contributed by atoms with van der Waals surface area (Å²) in [6, 6.07) is 2.24. The molecule has 2 unspecified atom stereocenters. The molecule has 2 heterocycles. The largest absolute Gasteiger partial charge is 0.378 e. The van der Waals surface area contributed by atoms with Gasteiger partial charge in [0, 0.05) is 25.8 Å². The zero-order chi connectivity index (χ0) is 12.3. The average molecular weight is 237 g/mol. The van der Waals surface area contributed by atoms with Crippen LogP contribution in [0.15, 0.2) is 6.07 Å². The van der Waals surface area contributed by atoms with Crippen LogP contribution < -0.4 is 16.4 Å². The van der Waals surface area contributed by atoms with Gasteiger partial charge in [-0.25, -0.2) is 0 Å². The number of aromatic nitrogens is 2. The summed E-state index contributed by atoms with van der Waals surface area (Å²) in [5.41, 5.74) is 5.64. The molecular weight excluding hydrogens is 218 g/mol. The Balaban J connectivity index is 2.04. The molecule has 94 valence electrons. The second-order valence-electron chi connectivity index (χ2n) is 4.29. The smallest absolute Gasteiger partial charge is 0.223 e. The second-order valence-corrected chi connectivity index (χ2v) is 4.29. The van der Waals surface area contributed by atoms with Gasteiger partial charge in [0.25, 0.3) is 0 Å². The minimum Gasteiger partial charge on any atom is -0.378 e. The van der Waals surface area contributed by atoms with Crippen molar-refractivity contribution in [1.29, 1.82) is 0 Å². The third-order valence-electron chi connectivity index (χ3n) is 2.84. The van der Waals surface area contributed by atoms with Crippen LogP contribution in [0.3, 0.4) is 0 Å². The van der Waals surface area contributed by atoms with Gasteiger partial charge in [0.15, 0.2) is 0 Å². The molecule has 0 bridgehead atoms. The van der Waals surface area contributed by atoms with Crippen LogP contribution in [0.4, 0.5) is 17.6 Å². The summed E-state index contributed by atoms with van der Waals surface area (Å²) in [4.78, 5) is 8.23. The molecule has 0 radical (unpaired) electrons. The van der Waals surface area contributed by atoms with E-state index in [0.29, 0.717) is 12.1 Å². The van der Waals surface area contributed by atoms with Gasteiger partial charge in [0.1, 0.15) is 11.6 Å². The summed E-state index contributed by atoms with van der Waals surface area (Å²) in [6.45, 7) is 2.87. The Morgan fingerprint density at radius 3 is 2.88 bits per heavy atom. The molecule has 6 heteroatoms. The molecule has 0 amide bonds. The Morgan fingerprint density at radius 2 is 2.18 bits per heavy atom. The highest BCUT2D eigenvalue weighted by atomic mass is 16.5. The van der Waals surface area contributed by atoms with Gasteiger partial charge in [-0.05, 0) is 19.8 Å². The number of nitrogens with zero attached hydrogens (tertiary/aromatic N) is 2. The van der Waals surface area contributed by atoms with Crippen molar-refractivity contribution in [2.45, 2.75) is 31.9 Å². The molecule has 17 heavy (non-hydrogen) atoms. The van der Waals surface area contributed by atoms with Crippen molar-refractivity contribution in [3.8, 4) is 0 Å². The summed E-state index contributed by atoms with van der Waals surface area (Å²) in [5.74, 6) is 1.76. The molecule has 6 nitrogen and oxygen atoms in total. The van der Waals surface area contributed by atoms with Crippen LogP contribution in [0.5, 0.6) is 0 Å². The highest BCUT2D eigenvalue weighted by Gasteiger charge is 2.19.